The van der Waals surface area contributed by atoms with Crippen LogP contribution in [0.2, 0.25) is 5.02 Å². The summed E-state index contributed by atoms with van der Waals surface area (Å²) >= 11 is 9.71. The van der Waals surface area contributed by atoms with Crippen LogP contribution in [-0.4, -0.2) is 22.7 Å². The van der Waals surface area contributed by atoms with Gasteiger partial charge in [-0.2, -0.15) is 9.78 Å². The summed E-state index contributed by atoms with van der Waals surface area (Å²) < 4.78 is 19.1. The Hall–Kier alpha value is -3.36. The largest absolute Gasteiger partial charge is 0.488 e. The predicted octanol–water partition coefficient (Wildman–Crippen LogP) is 6.52. The number of halogens is 2. The summed E-state index contributed by atoms with van der Waals surface area (Å²) in [7, 11) is 0. The lowest BCUT2D eigenvalue weighted by atomic mass is 10.1. The van der Waals surface area contributed by atoms with Crippen LogP contribution in [0.5, 0.6) is 17.2 Å². The third-order valence-corrected chi connectivity index (χ3v) is 6.73. The number of fused-ring (bicyclic) bond motifs is 2. The average Bonchev–Trinajstić information content (AvgIpc) is 3.35. The van der Waals surface area contributed by atoms with E-state index in [0.29, 0.717) is 45.4 Å². The number of hydrogen-bond donors (Lipinski definition) is 0. The minimum atomic E-state index is -0.238. The molecule has 4 aromatic rings. The van der Waals surface area contributed by atoms with Crippen molar-refractivity contribution in [3.8, 4) is 17.2 Å². The highest BCUT2D eigenvalue weighted by molar-refractivity contribution is 9.10. The van der Waals surface area contributed by atoms with Gasteiger partial charge < -0.3 is 14.2 Å². The SMILES string of the molecule is CC[C@@H](C)c1nc2ccc(Br)cc2c(=O)n1N=Cc1cc(Cl)ccc1OCc1ccc2c(c1)OCO2. The molecular weight excluding hydrogens is 546 g/mol. The summed E-state index contributed by atoms with van der Waals surface area (Å²) in [4.78, 5) is 18.2. The lowest BCUT2D eigenvalue weighted by molar-refractivity contribution is 0.174. The van der Waals surface area contributed by atoms with Crippen molar-refractivity contribution in [3.05, 3.63) is 91.4 Å². The van der Waals surface area contributed by atoms with Gasteiger partial charge in [0.1, 0.15) is 18.2 Å². The second-order valence-electron chi connectivity index (χ2n) is 8.46. The van der Waals surface area contributed by atoms with E-state index in [1.165, 1.54) is 4.68 Å². The molecule has 184 valence electrons. The molecule has 0 amide bonds. The third-order valence-electron chi connectivity index (χ3n) is 6.00. The van der Waals surface area contributed by atoms with Crippen LogP contribution in [0.3, 0.4) is 0 Å². The maximum absolute atomic E-state index is 13.4. The molecule has 7 nitrogen and oxygen atoms in total. The van der Waals surface area contributed by atoms with Crippen molar-refractivity contribution in [1.29, 1.82) is 0 Å². The molecule has 1 aliphatic rings. The molecule has 0 bridgehead atoms. The lowest BCUT2D eigenvalue weighted by Gasteiger charge is -2.14. The lowest BCUT2D eigenvalue weighted by Crippen LogP contribution is -2.23. The Morgan fingerprint density at radius 3 is 2.83 bits per heavy atom. The van der Waals surface area contributed by atoms with Crippen molar-refractivity contribution in [2.24, 2.45) is 5.10 Å². The van der Waals surface area contributed by atoms with Gasteiger partial charge in [0.15, 0.2) is 11.5 Å². The molecule has 3 aromatic carbocycles. The topological polar surface area (TPSA) is 74.9 Å². The molecule has 0 saturated carbocycles. The van der Waals surface area contributed by atoms with Gasteiger partial charge in [0, 0.05) is 21.0 Å². The Morgan fingerprint density at radius 1 is 1.17 bits per heavy atom. The van der Waals surface area contributed by atoms with Gasteiger partial charge in [-0.1, -0.05) is 47.4 Å². The smallest absolute Gasteiger partial charge is 0.282 e. The first-order valence-electron chi connectivity index (χ1n) is 11.5. The summed E-state index contributed by atoms with van der Waals surface area (Å²) in [5.74, 6) is 2.62. The third kappa shape index (κ3) is 4.96. The standard InChI is InChI=1S/C27H23BrClN3O4/c1-3-16(2)26-31-22-7-5-19(28)12-21(22)27(33)32(26)30-13-18-11-20(29)6-9-23(18)34-14-17-4-8-24-25(10-17)36-15-35-24/h4-13,16H,3,14-15H2,1-2H3/t16-/m1/s1. The zero-order chi connectivity index (χ0) is 25.2. The fourth-order valence-corrected chi connectivity index (χ4v) is 4.38. The van der Waals surface area contributed by atoms with Crippen LogP contribution in [0.15, 0.2) is 69.0 Å². The van der Waals surface area contributed by atoms with Gasteiger partial charge in [0.25, 0.3) is 5.56 Å². The average molecular weight is 569 g/mol. The zero-order valence-electron chi connectivity index (χ0n) is 19.7. The molecule has 1 aliphatic heterocycles. The highest BCUT2D eigenvalue weighted by atomic mass is 79.9. The Labute approximate surface area is 221 Å². The minimum absolute atomic E-state index is 0.0315. The molecule has 2 heterocycles. The molecule has 36 heavy (non-hydrogen) atoms. The van der Waals surface area contributed by atoms with Crippen LogP contribution < -0.4 is 19.8 Å². The van der Waals surface area contributed by atoms with E-state index in [0.717, 1.165) is 22.2 Å². The van der Waals surface area contributed by atoms with E-state index in [-0.39, 0.29) is 18.3 Å². The zero-order valence-corrected chi connectivity index (χ0v) is 22.0. The maximum atomic E-state index is 13.4. The summed E-state index contributed by atoms with van der Waals surface area (Å²) in [5.41, 5.74) is 1.97. The number of aromatic nitrogens is 2. The Bertz CT molecular complexity index is 1540. The quantitative estimate of drug-likeness (QED) is 0.237. The number of ether oxygens (including phenoxy) is 3. The van der Waals surface area contributed by atoms with E-state index in [9.17, 15) is 4.79 Å². The monoisotopic (exact) mass is 567 g/mol. The van der Waals surface area contributed by atoms with Crippen molar-refractivity contribution in [1.82, 2.24) is 9.66 Å². The van der Waals surface area contributed by atoms with Crippen molar-refractivity contribution in [2.45, 2.75) is 32.8 Å². The van der Waals surface area contributed by atoms with Gasteiger partial charge in [-0.05, 0) is 60.5 Å². The van der Waals surface area contributed by atoms with Gasteiger partial charge in [0.2, 0.25) is 6.79 Å². The molecule has 0 saturated heterocycles. The normalized spacial score (nSPS) is 13.4. The summed E-state index contributed by atoms with van der Waals surface area (Å²) in [6.45, 7) is 4.60. The summed E-state index contributed by atoms with van der Waals surface area (Å²) in [6.07, 6.45) is 2.39. The minimum Gasteiger partial charge on any atom is -0.488 e. The number of nitrogens with zero attached hydrogens (tertiary/aromatic N) is 3. The van der Waals surface area contributed by atoms with Gasteiger partial charge in [0.05, 0.1) is 17.1 Å². The van der Waals surface area contributed by atoms with E-state index in [1.807, 2.05) is 37.3 Å². The Balaban J connectivity index is 1.49. The first kappa shape index (κ1) is 24.3. The molecular formula is C27H23BrClN3O4. The van der Waals surface area contributed by atoms with Gasteiger partial charge in [-0.3, -0.25) is 4.79 Å². The van der Waals surface area contributed by atoms with Gasteiger partial charge in [-0.25, -0.2) is 4.98 Å². The first-order chi connectivity index (χ1) is 17.4. The van der Waals surface area contributed by atoms with E-state index >= 15 is 0 Å². The Morgan fingerprint density at radius 2 is 2.00 bits per heavy atom. The van der Waals surface area contributed by atoms with Crippen LogP contribution in [0, 0.1) is 0 Å². The Kier molecular flexibility index (Phi) is 6.98. The van der Waals surface area contributed by atoms with Crippen molar-refractivity contribution in [3.63, 3.8) is 0 Å². The molecule has 0 radical (unpaired) electrons. The molecule has 0 spiro atoms. The van der Waals surface area contributed by atoms with Crippen molar-refractivity contribution < 1.29 is 14.2 Å². The fraction of sp³-hybridized carbons (Fsp3) is 0.222. The van der Waals surface area contributed by atoms with Crippen molar-refractivity contribution >= 4 is 44.6 Å². The van der Waals surface area contributed by atoms with E-state index in [2.05, 4.69) is 28.0 Å². The predicted molar refractivity (Wildman–Crippen MR) is 144 cm³/mol. The van der Waals surface area contributed by atoms with Crippen LogP contribution in [0.25, 0.3) is 10.9 Å². The first-order valence-corrected chi connectivity index (χ1v) is 12.7. The molecule has 0 fully saturated rings. The molecule has 0 aliphatic carbocycles. The molecule has 1 aromatic heterocycles. The summed E-state index contributed by atoms with van der Waals surface area (Å²) in [6, 6.07) is 16.4. The molecule has 5 rings (SSSR count). The highest BCUT2D eigenvalue weighted by Crippen LogP contribution is 2.33. The summed E-state index contributed by atoms with van der Waals surface area (Å²) in [5, 5.41) is 5.57. The molecule has 0 unspecified atom stereocenters. The number of benzene rings is 3. The molecule has 9 heteroatoms. The number of rotatable bonds is 7. The van der Waals surface area contributed by atoms with Crippen LogP contribution in [0.1, 0.15) is 43.1 Å². The second-order valence-corrected chi connectivity index (χ2v) is 9.81. The van der Waals surface area contributed by atoms with Crippen molar-refractivity contribution in [2.75, 3.05) is 6.79 Å². The van der Waals surface area contributed by atoms with Gasteiger partial charge >= 0.3 is 0 Å². The fourth-order valence-electron chi connectivity index (χ4n) is 3.84. The van der Waals surface area contributed by atoms with Gasteiger partial charge in [-0.15, -0.1) is 0 Å². The van der Waals surface area contributed by atoms with Crippen LogP contribution in [-0.2, 0) is 6.61 Å². The maximum Gasteiger partial charge on any atom is 0.282 e. The van der Waals surface area contributed by atoms with Crippen LogP contribution in [0.4, 0.5) is 0 Å². The molecule has 1 atom stereocenters. The van der Waals surface area contributed by atoms with E-state index in [4.69, 9.17) is 30.8 Å². The molecule has 0 N–H and O–H groups in total. The second kappa shape index (κ2) is 10.3. The highest BCUT2D eigenvalue weighted by Gasteiger charge is 2.16. The van der Waals surface area contributed by atoms with E-state index in [1.54, 1.807) is 30.5 Å². The van der Waals surface area contributed by atoms with E-state index < -0.39 is 0 Å². The number of hydrogen-bond acceptors (Lipinski definition) is 6. The van der Waals surface area contributed by atoms with Crippen LogP contribution >= 0.6 is 27.5 Å².